The number of piperidine rings is 1. The fourth-order valence-corrected chi connectivity index (χ4v) is 3.43. The molecule has 1 aromatic heterocycles. The summed E-state index contributed by atoms with van der Waals surface area (Å²) in [6, 6.07) is 3.48. The molecule has 1 atom stereocenters. The van der Waals surface area contributed by atoms with E-state index in [2.05, 4.69) is 9.97 Å². The van der Waals surface area contributed by atoms with Crippen molar-refractivity contribution in [3.05, 3.63) is 53.5 Å². The Kier molecular flexibility index (Phi) is 5.13. The fourth-order valence-electron chi connectivity index (χ4n) is 3.43. The predicted molar refractivity (Wildman–Crippen MR) is 91.6 cm³/mol. The quantitative estimate of drug-likeness (QED) is 0.844. The molecule has 0 bridgehead atoms. The molecule has 8 heteroatoms. The summed E-state index contributed by atoms with van der Waals surface area (Å²) in [5.41, 5.74) is 5.08. The van der Waals surface area contributed by atoms with Crippen LogP contribution in [0.25, 0.3) is 0 Å². The van der Waals surface area contributed by atoms with Crippen LogP contribution in [0.5, 0.6) is 0 Å². The lowest BCUT2D eigenvalue weighted by atomic mass is 9.75. The number of nitrogens with zero attached hydrogens (tertiary/aromatic N) is 3. The van der Waals surface area contributed by atoms with E-state index in [4.69, 9.17) is 5.73 Å². The topological polar surface area (TPSA) is 92.3 Å². The molecule has 0 unspecified atom stereocenters. The van der Waals surface area contributed by atoms with Crippen molar-refractivity contribution in [3.8, 4) is 0 Å². The third kappa shape index (κ3) is 3.80. The number of amides is 1. The number of nitrogens with two attached hydrogens (primary N) is 1. The zero-order valence-electron chi connectivity index (χ0n) is 14.2. The van der Waals surface area contributed by atoms with Crippen LogP contribution < -0.4 is 10.6 Å². The van der Waals surface area contributed by atoms with Crippen LogP contribution in [0.15, 0.2) is 30.6 Å². The molecule has 6 nitrogen and oxygen atoms in total. The molecule has 3 rings (SSSR count). The normalized spacial score (nSPS) is 20.2. The van der Waals surface area contributed by atoms with Crippen molar-refractivity contribution in [2.24, 2.45) is 11.1 Å². The molecule has 2 heterocycles. The van der Waals surface area contributed by atoms with Crippen LogP contribution >= 0.6 is 0 Å². The first-order chi connectivity index (χ1) is 12.4. The Morgan fingerprint density at radius 3 is 2.85 bits per heavy atom. The lowest BCUT2D eigenvalue weighted by Crippen LogP contribution is -2.47. The van der Waals surface area contributed by atoms with E-state index in [1.165, 1.54) is 24.5 Å². The largest absolute Gasteiger partial charge is 0.396 e. The van der Waals surface area contributed by atoms with Crippen molar-refractivity contribution in [2.75, 3.05) is 24.6 Å². The minimum atomic E-state index is -0.668. The molecule has 0 spiro atoms. The van der Waals surface area contributed by atoms with Gasteiger partial charge in [0.25, 0.3) is 5.91 Å². The molecule has 0 saturated carbocycles. The highest BCUT2D eigenvalue weighted by Crippen LogP contribution is 2.35. The van der Waals surface area contributed by atoms with Gasteiger partial charge in [-0.2, -0.15) is 0 Å². The Bertz CT molecular complexity index is 818. The smallest absolute Gasteiger partial charge is 0.268 e. The van der Waals surface area contributed by atoms with Gasteiger partial charge in [-0.05, 0) is 30.9 Å². The highest BCUT2D eigenvalue weighted by atomic mass is 19.1. The van der Waals surface area contributed by atoms with Gasteiger partial charge in [0.05, 0.1) is 19.0 Å². The molecule has 1 fully saturated rings. The Balaban J connectivity index is 1.84. The number of benzene rings is 1. The predicted octanol–water partition coefficient (Wildman–Crippen LogP) is 1.68. The van der Waals surface area contributed by atoms with Crippen LogP contribution in [0.3, 0.4) is 0 Å². The van der Waals surface area contributed by atoms with Crippen LogP contribution in [0.1, 0.15) is 28.9 Å². The number of aliphatic hydroxyl groups is 1. The average molecular weight is 362 g/mol. The van der Waals surface area contributed by atoms with Gasteiger partial charge in [-0.1, -0.05) is 6.07 Å². The zero-order chi connectivity index (χ0) is 18.7. The molecule has 0 aliphatic carbocycles. The summed E-state index contributed by atoms with van der Waals surface area (Å²) < 4.78 is 27.2. The van der Waals surface area contributed by atoms with Crippen molar-refractivity contribution in [1.29, 1.82) is 0 Å². The Morgan fingerprint density at radius 2 is 2.15 bits per heavy atom. The summed E-state index contributed by atoms with van der Waals surface area (Å²) in [5, 5.41) is 10.0. The van der Waals surface area contributed by atoms with E-state index in [1.54, 1.807) is 0 Å². The molecular weight excluding hydrogens is 342 g/mol. The third-order valence-electron chi connectivity index (χ3n) is 4.78. The van der Waals surface area contributed by atoms with Crippen molar-refractivity contribution < 1.29 is 18.7 Å². The summed E-state index contributed by atoms with van der Waals surface area (Å²) in [5.74, 6) is -1.44. The minimum Gasteiger partial charge on any atom is -0.396 e. The summed E-state index contributed by atoms with van der Waals surface area (Å²) in [6.07, 6.45) is 4.54. The van der Waals surface area contributed by atoms with E-state index >= 15 is 0 Å². The molecule has 1 aliphatic rings. The van der Waals surface area contributed by atoms with Crippen LogP contribution in [-0.4, -0.2) is 40.7 Å². The average Bonchev–Trinajstić information content (AvgIpc) is 2.64. The van der Waals surface area contributed by atoms with Crippen LogP contribution in [-0.2, 0) is 6.42 Å². The molecule has 1 amide bonds. The van der Waals surface area contributed by atoms with Crippen LogP contribution in [0.4, 0.5) is 14.6 Å². The second-order valence-corrected chi connectivity index (χ2v) is 6.72. The number of hydrogen-bond donors (Lipinski definition) is 2. The van der Waals surface area contributed by atoms with E-state index in [9.17, 15) is 18.7 Å². The number of hydrogen-bond acceptors (Lipinski definition) is 5. The van der Waals surface area contributed by atoms with Gasteiger partial charge in [0.15, 0.2) is 0 Å². The van der Waals surface area contributed by atoms with E-state index in [0.29, 0.717) is 30.9 Å². The first kappa shape index (κ1) is 18.2. The first-order valence-corrected chi connectivity index (χ1v) is 8.34. The van der Waals surface area contributed by atoms with Crippen molar-refractivity contribution in [3.63, 3.8) is 0 Å². The number of anilines is 1. The Hall–Kier alpha value is -2.61. The Morgan fingerprint density at radius 1 is 1.35 bits per heavy atom. The lowest BCUT2D eigenvalue weighted by Gasteiger charge is -2.42. The number of halogens is 2. The molecule has 1 saturated heterocycles. The van der Waals surface area contributed by atoms with Crippen molar-refractivity contribution >= 4 is 11.7 Å². The molecule has 138 valence electrons. The number of rotatable bonds is 5. The molecule has 3 N–H and O–H groups in total. The first-order valence-electron chi connectivity index (χ1n) is 8.34. The Labute approximate surface area is 149 Å². The molecule has 1 aliphatic heterocycles. The lowest BCUT2D eigenvalue weighted by molar-refractivity contribution is 0.0993. The monoisotopic (exact) mass is 362 g/mol. The maximum absolute atomic E-state index is 14.1. The van der Waals surface area contributed by atoms with Gasteiger partial charge < -0.3 is 15.7 Å². The second-order valence-electron chi connectivity index (χ2n) is 6.72. The fraction of sp³-hybridized carbons (Fsp3) is 0.389. The summed E-state index contributed by atoms with van der Waals surface area (Å²) in [6.45, 7) is 0.936. The number of primary amides is 1. The molecular formula is C18H20F2N4O2. The molecule has 26 heavy (non-hydrogen) atoms. The van der Waals surface area contributed by atoms with E-state index < -0.39 is 23.0 Å². The molecule has 1 aromatic carbocycles. The third-order valence-corrected chi connectivity index (χ3v) is 4.78. The second kappa shape index (κ2) is 7.33. The van der Waals surface area contributed by atoms with E-state index in [1.807, 2.05) is 4.90 Å². The van der Waals surface area contributed by atoms with Gasteiger partial charge in [0.2, 0.25) is 0 Å². The molecule has 0 radical (unpaired) electrons. The van der Waals surface area contributed by atoms with Crippen molar-refractivity contribution in [1.82, 2.24) is 9.97 Å². The number of aliphatic hydroxyl groups excluding tert-OH is 1. The van der Waals surface area contributed by atoms with E-state index in [0.717, 1.165) is 12.5 Å². The number of aromatic nitrogens is 2. The van der Waals surface area contributed by atoms with Crippen molar-refractivity contribution in [2.45, 2.75) is 19.3 Å². The van der Waals surface area contributed by atoms with Crippen LogP contribution in [0.2, 0.25) is 0 Å². The number of carbonyl (C=O) groups is 1. The van der Waals surface area contributed by atoms with Gasteiger partial charge >= 0.3 is 0 Å². The van der Waals surface area contributed by atoms with Crippen LogP contribution in [0, 0.1) is 17.0 Å². The van der Waals surface area contributed by atoms with Gasteiger partial charge in [0.1, 0.15) is 23.1 Å². The van der Waals surface area contributed by atoms with Gasteiger partial charge in [0, 0.05) is 24.6 Å². The highest BCUT2D eigenvalue weighted by Gasteiger charge is 2.36. The number of carbonyl (C=O) groups excluding carboxylic acids is 1. The standard InChI is InChI=1S/C18H20F2N4O2/c19-13-3-2-12(14(20)6-13)7-18(11-25)4-1-5-24(10-18)16-9-22-8-15(23-16)17(21)26/h2-3,6,8-9,25H,1,4-5,7,10-11H2,(H2,21,26)/t18-/m1/s1. The highest BCUT2D eigenvalue weighted by molar-refractivity contribution is 5.90. The van der Waals surface area contributed by atoms with E-state index in [-0.39, 0.29) is 18.7 Å². The SMILES string of the molecule is NC(=O)c1cncc(N2CCC[C@@](CO)(Cc3ccc(F)cc3F)C2)n1. The summed E-state index contributed by atoms with van der Waals surface area (Å²) in [4.78, 5) is 21.4. The van der Waals surface area contributed by atoms with Gasteiger partial charge in [-0.3, -0.25) is 9.78 Å². The summed E-state index contributed by atoms with van der Waals surface area (Å²) in [7, 11) is 0. The maximum atomic E-state index is 14.1. The van der Waals surface area contributed by atoms with Gasteiger partial charge in [-0.15, -0.1) is 0 Å². The zero-order valence-corrected chi connectivity index (χ0v) is 14.2. The minimum absolute atomic E-state index is 0.0623. The summed E-state index contributed by atoms with van der Waals surface area (Å²) >= 11 is 0. The molecule has 2 aromatic rings. The van der Waals surface area contributed by atoms with Gasteiger partial charge in [-0.25, -0.2) is 13.8 Å². The maximum Gasteiger partial charge on any atom is 0.268 e.